The number of nitrogens with zero attached hydrogens (tertiary/aromatic N) is 3. The molecule has 0 bridgehead atoms. The zero-order chi connectivity index (χ0) is 25.2. The Morgan fingerprint density at radius 3 is 2.54 bits per heavy atom. The van der Waals surface area contributed by atoms with Crippen LogP contribution >= 0.6 is 0 Å². The minimum Gasteiger partial charge on any atom is -0.435 e. The molecule has 0 unspecified atom stereocenters. The number of sulfone groups is 1. The lowest BCUT2D eigenvalue weighted by Crippen LogP contribution is -2.63. The highest BCUT2D eigenvalue weighted by Gasteiger charge is 2.46. The Morgan fingerprint density at radius 2 is 1.91 bits per heavy atom. The Bertz CT molecular complexity index is 1410. The van der Waals surface area contributed by atoms with Gasteiger partial charge in [-0.25, -0.2) is 8.42 Å². The lowest BCUT2D eigenvalue weighted by Gasteiger charge is -2.42. The van der Waals surface area contributed by atoms with E-state index in [0.717, 1.165) is 12.8 Å². The number of nitrogens with one attached hydrogen (secondary N) is 1. The van der Waals surface area contributed by atoms with E-state index in [2.05, 4.69) is 28.9 Å². The van der Waals surface area contributed by atoms with E-state index in [9.17, 15) is 22.0 Å². The van der Waals surface area contributed by atoms with Gasteiger partial charge >= 0.3 is 6.61 Å². The number of alkyl halides is 2. The van der Waals surface area contributed by atoms with Crippen LogP contribution in [0.1, 0.15) is 50.0 Å². The number of benzene rings is 1. The zero-order valence-corrected chi connectivity index (χ0v) is 20.4. The van der Waals surface area contributed by atoms with E-state index >= 15 is 0 Å². The predicted molar refractivity (Wildman–Crippen MR) is 126 cm³/mol. The fraction of sp³-hybridized carbons (Fsp3) is 0.458. The molecule has 1 N–H and O–H groups in total. The van der Waals surface area contributed by atoms with Crippen LogP contribution < -0.4 is 10.1 Å². The highest BCUT2D eigenvalue weighted by molar-refractivity contribution is 7.93. The number of rotatable bonds is 6. The molecule has 1 aliphatic carbocycles. The van der Waals surface area contributed by atoms with Gasteiger partial charge in [-0.1, -0.05) is 26.0 Å². The average Bonchev–Trinajstić information content (AvgIpc) is 3.08. The summed E-state index contributed by atoms with van der Waals surface area (Å²) in [7, 11) is -3.12. The first-order valence-electron chi connectivity index (χ1n) is 11.3. The highest BCUT2D eigenvalue weighted by atomic mass is 32.2. The van der Waals surface area contributed by atoms with Crippen molar-refractivity contribution in [3.63, 3.8) is 0 Å². The topological polar surface area (TPSA) is 103 Å². The third kappa shape index (κ3) is 4.61. The first-order valence-corrected chi connectivity index (χ1v) is 13.1. The Morgan fingerprint density at radius 1 is 1.20 bits per heavy atom. The number of carbonyl (C=O) groups is 1. The van der Waals surface area contributed by atoms with Gasteiger partial charge in [0.15, 0.2) is 9.84 Å². The van der Waals surface area contributed by atoms with Gasteiger partial charge in [0.05, 0.1) is 34.2 Å². The van der Waals surface area contributed by atoms with Crippen molar-refractivity contribution in [2.45, 2.75) is 51.8 Å². The van der Waals surface area contributed by atoms with E-state index in [1.165, 1.54) is 18.3 Å². The molecule has 35 heavy (non-hydrogen) atoms. The van der Waals surface area contributed by atoms with Crippen LogP contribution in [0.15, 0.2) is 36.5 Å². The van der Waals surface area contributed by atoms with E-state index in [0.29, 0.717) is 27.9 Å². The summed E-state index contributed by atoms with van der Waals surface area (Å²) in [6, 6.07) is 8.10. The Kier molecular flexibility index (Phi) is 5.39. The van der Waals surface area contributed by atoms with Gasteiger partial charge in [-0.15, -0.1) is 0 Å². The molecule has 5 rings (SSSR count). The van der Waals surface area contributed by atoms with Gasteiger partial charge in [-0.3, -0.25) is 14.5 Å². The van der Waals surface area contributed by atoms with Crippen LogP contribution in [0.3, 0.4) is 0 Å². The monoisotopic (exact) mass is 504 g/mol. The second kappa shape index (κ2) is 7.97. The SMILES string of the molecule is CC1(C)CC(n2nc(-c3cccc(OC(F)F)c3)c3ncc(C(=O)NC4(C)CS(=O)(=O)C4)cc32)C1. The summed E-state index contributed by atoms with van der Waals surface area (Å²) in [6.07, 6.45) is 3.21. The van der Waals surface area contributed by atoms with E-state index in [1.807, 2.05) is 4.68 Å². The molecular formula is C24H26F2N4O4S. The third-order valence-electron chi connectivity index (χ3n) is 6.56. The number of fused-ring (bicyclic) bond motifs is 1. The van der Waals surface area contributed by atoms with Crippen LogP contribution in [0.2, 0.25) is 0 Å². The summed E-state index contributed by atoms with van der Waals surface area (Å²) in [5.41, 5.74) is 1.93. The molecule has 0 spiro atoms. The Balaban J connectivity index is 1.53. The molecule has 186 valence electrons. The van der Waals surface area contributed by atoms with Gasteiger partial charge in [-0.05, 0) is 43.4 Å². The van der Waals surface area contributed by atoms with Crippen molar-refractivity contribution < 1.29 is 26.7 Å². The Hall–Kier alpha value is -3.08. The van der Waals surface area contributed by atoms with Crippen molar-refractivity contribution >= 4 is 26.8 Å². The molecule has 2 aliphatic rings. The maximum atomic E-state index is 12.9. The molecule has 2 aromatic heterocycles. The number of aromatic nitrogens is 3. The fourth-order valence-electron chi connectivity index (χ4n) is 5.17. The number of pyridine rings is 1. The molecule has 1 aliphatic heterocycles. The van der Waals surface area contributed by atoms with E-state index < -0.39 is 27.9 Å². The third-order valence-corrected chi connectivity index (χ3v) is 8.71. The summed E-state index contributed by atoms with van der Waals surface area (Å²) in [5, 5.41) is 7.60. The van der Waals surface area contributed by atoms with Crippen molar-refractivity contribution in [2.24, 2.45) is 5.41 Å². The van der Waals surface area contributed by atoms with Crippen molar-refractivity contribution in [3.05, 3.63) is 42.1 Å². The maximum Gasteiger partial charge on any atom is 0.387 e. The summed E-state index contributed by atoms with van der Waals surface area (Å²) in [5.74, 6) is -0.591. The first kappa shape index (κ1) is 23.7. The first-order chi connectivity index (χ1) is 16.3. The maximum absolute atomic E-state index is 12.9. The molecule has 1 aromatic carbocycles. The largest absolute Gasteiger partial charge is 0.435 e. The van der Waals surface area contributed by atoms with E-state index in [4.69, 9.17) is 5.10 Å². The van der Waals surface area contributed by atoms with Gasteiger partial charge in [-0.2, -0.15) is 13.9 Å². The molecule has 8 nitrogen and oxygen atoms in total. The zero-order valence-electron chi connectivity index (χ0n) is 19.6. The van der Waals surface area contributed by atoms with Gasteiger partial charge in [0.2, 0.25) is 0 Å². The van der Waals surface area contributed by atoms with Gasteiger partial charge in [0.1, 0.15) is 17.0 Å². The van der Waals surface area contributed by atoms with Crippen LogP contribution in [0.25, 0.3) is 22.3 Å². The van der Waals surface area contributed by atoms with E-state index in [-0.39, 0.29) is 28.7 Å². The van der Waals surface area contributed by atoms with Gasteiger partial charge < -0.3 is 10.1 Å². The lowest BCUT2D eigenvalue weighted by molar-refractivity contribution is -0.0498. The number of ether oxygens (including phenoxy) is 1. The lowest BCUT2D eigenvalue weighted by atomic mass is 9.68. The second-order valence-electron chi connectivity index (χ2n) is 10.6. The molecule has 1 amide bonds. The van der Waals surface area contributed by atoms with Gasteiger partial charge in [0.25, 0.3) is 5.91 Å². The average molecular weight is 505 g/mol. The van der Waals surface area contributed by atoms with E-state index in [1.54, 1.807) is 25.1 Å². The fourth-order valence-corrected chi connectivity index (χ4v) is 7.17. The molecule has 1 saturated carbocycles. The normalized spacial score (nSPS) is 20.3. The van der Waals surface area contributed by atoms with Crippen LogP contribution in [0, 0.1) is 5.41 Å². The predicted octanol–water partition coefficient (Wildman–Crippen LogP) is 3.98. The van der Waals surface area contributed by atoms with Crippen molar-refractivity contribution in [2.75, 3.05) is 11.5 Å². The molecule has 3 aromatic rings. The highest BCUT2D eigenvalue weighted by Crippen LogP contribution is 2.49. The summed E-state index contributed by atoms with van der Waals surface area (Å²) < 4.78 is 55.1. The standard InChI is InChI=1S/C24H26F2N4O4S/c1-23(2)9-16(10-23)30-18-8-15(21(31)28-24(3)12-35(32,33)13-24)11-27-20(18)19(29-30)14-5-4-6-17(7-14)34-22(25)26/h4-8,11,16,22H,9-10,12-13H2,1-3H3,(H,28,31). The van der Waals surface area contributed by atoms with Crippen LogP contribution in [0.5, 0.6) is 5.75 Å². The molecule has 1 saturated heterocycles. The number of carbonyl (C=O) groups excluding carboxylic acids is 1. The van der Waals surface area contributed by atoms with Crippen molar-refractivity contribution in [1.29, 1.82) is 0 Å². The summed E-state index contributed by atoms with van der Waals surface area (Å²) in [6.45, 7) is 3.10. The molecule has 3 heterocycles. The van der Waals surface area contributed by atoms with Crippen LogP contribution in [0.4, 0.5) is 8.78 Å². The van der Waals surface area contributed by atoms with Crippen LogP contribution in [-0.4, -0.2) is 52.7 Å². The van der Waals surface area contributed by atoms with Crippen molar-refractivity contribution in [1.82, 2.24) is 20.1 Å². The molecule has 0 atom stereocenters. The molecule has 11 heteroatoms. The second-order valence-corrected chi connectivity index (χ2v) is 12.6. The molecular weight excluding hydrogens is 478 g/mol. The van der Waals surface area contributed by atoms with Gasteiger partial charge in [0, 0.05) is 11.8 Å². The molecule has 0 radical (unpaired) electrons. The smallest absolute Gasteiger partial charge is 0.387 e. The number of hydrogen-bond acceptors (Lipinski definition) is 6. The quantitative estimate of drug-likeness (QED) is 0.545. The number of hydrogen-bond donors (Lipinski definition) is 1. The van der Waals surface area contributed by atoms with Crippen LogP contribution in [-0.2, 0) is 9.84 Å². The number of halogens is 2. The van der Waals surface area contributed by atoms with Crippen molar-refractivity contribution in [3.8, 4) is 17.0 Å². The summed E-state index contributed by atoms with van der Waals surface area (Å²) >= 11 is 0. The number of amides is 1. The molecule has 2 fully saturated rings. The Labute approximate surface area is 201 Å². The minimum absolute atomic E-state index is 0.0182. The summed E-state index contributed by atoms with van der Waals surface area (Å²) in [4.78, 5) is 17.5. The minimum atomic E-state index is -3.12.